The molecule has 1 N–H and O–H groups in total. The van der Waals surface area contributed by atoms with E-state index in [9.17, 15) is 4.79 Å². The van der Waals surface area contributed by atoms with E-state index in [0.717, 1.165) is 36.5 Å². The normalized spacial score (nSPS) is 13.5. The van der Waals surface area contributed by atoms with Crippen molar-refractivity contribution in [3.63, 3.8) is 0 Å². The van der Waals surface area contributed by atoms with Crippen LogP contribution < -0.4 is 15.0 Å². The summed E-state index contributed by atoms with van der Waals surface area (Å²) in [6, 6.07) is 16.1. The van der Waals surface area contributed by atoms with Crippen molar-refractivity contribution in [2.75, 3.05) is 23.3 Å². The Morgan fingerprint density at radius 2 is 1.92 bits per heavy atom. The van der Waals surface area contributed by atoms with Gasteiger partial charge in [-0.2, -0.15) is 0 Å². The number of nitrogens with one attached hydrogen (secondary N) is 1. The van der Waals surface area contributed by atoms with Crippen LogP contribution in [0.3, 0.4) is 0 Å². The van der Waals surface area contributed by atoms with Crippen LogP contribution in [0.2, 0.25) is 0 Å². The number of anilines is 2. The lowest BCUT2D eigenvalue weighted by Crippen LogP contribution is -2.36. The number of benzene rings is 2. The SMILES string of the molecule is CC(C)Oc1ccccc1NCCC(=O)N1CCCc2ccccc21. The van der Waals surface area contributed by atoms with Gasteiger partial charge in [-0.05, 0) is 50.5 Å². The van der Waals surface area contributed by atoms with E-state index in [4.69, 9.17) is 4.74 Å². The first kappa shape index (κ1) is 17.3. The zero-order chi connectivity index (χ0) is 17.6. The number of aryl methyl sites for hydroxylation is 1. The predicted molar refractivity (Wildman–Crippen MR) is 102 cm³/mol. The first-order chi connectivity index (χ1) is 12.1. The molecule has 1 aliphatic rings. The number of ether oxygens (including phenoxy) is 1. The van der Waals surface area contributed by atoms with Crippen molar-refractivity contribution in [3.8, 4) is 5.75 Å². The smallest absolute Gasteiger partial charge is 0.228 e. The van der Waals surface area contributed by atoms with Crippen LogP contribution in [-0.4, -0.2) is 25.1 Å². The van der Waals surface area contributed by atoms with Gasteiger partial charge in [0.25, 0.3) is 0 Å². The van der Waals surface area contributed by atoms with Gasteiger partial charge in [-0.25, -0.2) is 0 Å². The van der Waals surface area contributed by atoms with Crippen molar-refractivity contribution in [2.24, 2.45) is 0 Å². The van der Waals surface area contributed by atoms with E-state index >= 15 is 0 Å². The van der Waals surface area contributed by atoms with Gasteiger partial charge in [0.2, 0.25) is 5.91 Å². The molecule has 1 heterocycles. The average Bonchev–Trinajstić information content (AvgIpc) is 2.62. The van der Waals surface area contributed by atoms with Gasteiger partial charge in [0.15, 0.2) is 0 Å². The average molecular weight is 338 g/mol. The van der Waals surface area contributed by atoms with Crippen LogP contribution in [0.4, 0.5) is 11.4 Å². The van der Waals surface area contributed by atoms with E-state index in [0.29, 0.717) is 13.0 Å². The fourth-order valence-electron chi connectivity index (χ4n) is 3.20. The zero-order valence-corrected chi connectivity index (χ0v) is 15.0. The molecule has 0 fully saturated rings. The molecule has 0 spiro atoms. The lowest BCUT2D eigenvalue weighted by atomic mass is 10.0. The number of nitrogens with zero attached hydrogens (tertiary/aromatic N) is 1. The number of hydrogen-bond acceptors (Lipinski definition) is 3. The first-order valence-electron chi connectivity index (χ1n) is 9.03. The van der Waals surface area contributed by atoms with Crippen LogP contribution in [0.5, 0.6) is 5.75 Å². The van der Waals surface area contributed by atoms with E-state index in [2.05, 4.69) is 11.4 Å². The fraction of sp³-hybridized carbons (Fsp3) is 0.381. The van der Waals surface area contributed by atoms with Gasteiger partial charge in [-0.15, -0.1) is 0 Å². The van der Waals surface area contributed by atoms with E-state index in [1.165, 1.54) is 5.56 Å². The minimum Gasteiger partial charge on any atom is -0.489 e. The molecule has 132 valence electrons. The van der Waals surface area contributed by atoms with Crippen LogP contribution >= 0.6 is 0 Å². The third kappa shape index (κ3) is 4.32. The number of rotatable bonds is 6. The molecule has 2 aromatic carbocycles. The van der Waals surface area contributed by atoms with Crippen molar-refractivity contribution in [3.05, 3.63) is 54.1 Å². The third-order valence-electron chi connectivity index (χ3n) is 4.32. The van der Waals surface area contributed by atoms with Gasteiger partial charge in [0, 0.05) is 25.2 Å². The molecule has 4 heteroatoms. The van der Waals surface area contributed by atoms with Crippen molar-refractivity contribution in [1.82, 2.24) is 0 Å². The maximum atomic E-state index is 12.7. The van der Waals surface area contributed by atoms with Crippen LogP contribution in [0.15, 0.2) is 48.5 Å². The molecule has 4 nitrogen and oxygen atoms in total. The Balaban J connectivity index is 1.59. The minimum atomic E-state index is 0.120. The third-order valence-corrected chi connectivity index (χ3v) is 4.32. The second-order valence-electron chi connectivity index (χ2n) is 6.62. The van der Waals surface area contributed by atoms with Gasteiger partial charge in [0.1, 0.15) is 5.75 Å². The summed E-state index contributed by atoms with van der Waals surface area (Å²) in [5.74, 6) is 0.996. The van der Waals surface area contributed by atoms with Crippen molar-refractivity contribution in [1.29, 1.82) is 0 Å². The maximum Gasteiger partial charge on any atom is 0.228 e. The molecule has 0 atom stereocenters. The van der Waals surface area contributed by atoms with Crippen molar-refractivity contribution < 1.29 is 9.53 Å². The maximum absolute atomic E-state index is 12.7. The summed E-state index contributed by atoms with van der Waals surface area (Å²) < 4.78 is 5.81. The molecule has 0 unspecified atom stereocenters. The molecule has 1 amide bonds. The lowest BCUT2D eigenvalue weighted by Gasteiger charge is -2.29. The minimum absolute atomic E-state index is 0.120. The molecule has 0 saturated carbocycles. The number of fused-ring (bicyclic) bond motifs is 1. The first-order valence-corrected chi connectivity index (χ1v) is 9.03. The van der Waals surface area contributed by atoms with E-state index < -0.39 is 0 Å². The highest BCUT2D eigenvalue weighted by molar-refractivity contribution is 5.94. The molecule has 1 aliphatic heterocycles. The number of para-hydroxylation sites is 3. The number of amides is 1. The summed E-state index contributed by atoms with van der Waals surface area (Å²) in [7, 11) is 0. The molecular formula is C21H26N2O2. The fourth-order valence-corrected chi connectivity index (χ4v) is 3.20. The highest BCUT2D eigenvalue weighted by atomic mass is 16.5. The molecular weight excluding hydrogens is 312 g/mol. The standard InChI is InChI=1S/C21H26N2O2/c1-16(2)25-20-12-6-4-10-18(20)22-14-13-21(24)23-15-7-9-17-8-3-5-11-19(17)23/h3-6,8,10-12,16,22H,7,9,13-15H2,1-2H3. The van der Waals surface area contributed by atoms with Gasteiger partial charge in [-0.3, -0.25) is 4.79 Å². The molecule has 0 aliphatic carbocycles. The van der Waals surface area contributed by atoms with Crippen molar-refractivity contribution >= 4 is 17.3 Å². The van der Waals surface area contributed by atoms with Crippen LogP contribution in [0, 0.1) is 0 Å². The monoisotopic (exact) mass is 338 g/mol. The second kappa shape index (κ2) is 8.06. The van der Waals surface area contributed by atoms with Crippen molar-refractivity contribution in [2.45, 2.75) is 39.2 Å². The summed E-state index contributed by atoms with van der Waals surface area (Å²) in [5.41, 5.74) is 3.27. The Morgan fingerprint density at radius 1 is 1.16 bits per heavy atom. The summed E-state index contributed by atoms with van der Waals surface area (Å²) in [6.45, 7) is 5.42. The Labute approximate surface area is 149 Å². The number of carbonyl (C=O) groups excluding carboxylic acids is 1. The largest absolute Gasteiger partial charge is 0.489 e. The molecule has 0 bridgehead atoms. The molecule has 2 aromatic rings. The Bertz CT molecular complexity index is 727. The van der Waals surface area contributed by atoms with Crippen LogP contribution in [0.25, 0.3) is 0 Å². The summed E-state index contributed by atoms with van der Waals surface area (Å²) in [6.07, 6.45) is 2.67. The van der Waals surface area contributed by atoms with Gasteiger partial charge >= 0.3 is 0 Å². The highest BCUT2D eigenvalue weighted by Gasteiger charge is 2.21. The molecule has 0 saturated heterocycles. The topological polar surface area (TPSA) is 41.6 Å². The van der Waals surface area contributed by atoms with Crippen LogP contribution in [-0.2, 0) is 11.2 Å². The lowest BCUT2D eigenvalue weighted by molar-refractivity contribution is -0.118. The summed E-state index contributed by atoms with van der Waals surface area (Å²) >= 11 is 0. The van der Waals surface area contributed by atoms with Gasteiger partial charge in [0.05, 0.1) is 11.8 Å². The van der Waals surface area contributed by atoms with E-state index in [1.54, 1.807) is 0 Å². The Hall–Kier alpha value is -2.49. The molecule has 0 aromatic heterocycles. The van der Waals surface area contributed by atoms with E-state index in [1.807, 2.05) is 61.2 Å². The summed E-state index contributed by atoms with van der Waals surface area (Å²) in [5, 5.41) is 3.34. The highest BCUT2D eigenvalue weighted by Crippen LogP contribution is 2.28. The number of carbonyl (C=O) groups is 1. The number of hydrogen-bond donors (Lipinski definition) is 1. The molecule has 25 heavy (non-hydrogen) atoms. The van der Waals surface area contributed by atoms with Gasteiger partial charge in [-0.1, -0.05) is 30.3 Å². The summed E-state index contributed by atoms with van der Waals surface area (Å²) in [4.78, 5) is 14.6. The molecule has 3 rings (SSSR count). The Morgan fingerprint density at radius 3 is 2.76 bits per heavy atom. The molecule has 0 radical (unpaired) electrons. The van der Waals surface area contributed by atoms with E-state index in [-0.39, 0.29) is 12.0 Å². The quantitative estimate of drug-likeness (QED) is 0.856. The Kier molecular flexibility index (Phi) is 5.59. The second-order valence-corrected chi connectivity index (χ2v) is 6.62. The van der Waals surface area contributed by atoms with Gasteiger partial charge < -0.3 is 15.0 Å². The van der Waals surface area contributed by atoms with Crippen LogP contribution in [0.1, 0.15) is 32.3 Å². The predicted octanol–water partition coefficient (Wildman–Crippen LogP) is 4.26. The zero-order valence-electron chi connectivity index (χ0n) is 15.0.